The molecule has 28 heavy (non-hydrogen) atoms. The molecule has 0 N–H and O–H groups in total. The van der Waals surface area contributed by atoms with E-state index in [0.29, 0.717) is 51.9 Å². The second-order valence-electron chi connectivity index (χ2n) is 6.63. The maximum atomic E-state index is 11.0. The Morgan fingerprint density at radius 1 is 1.07 bits per heavy atom. The van der Waals surface area contributed by atoms with Gasteiger partial charge in [0.05, 0.1) is 65.2 Å². The van der Waals surface area contributed by atoms with Crippen LogP contribution in [-0.2, 0) is 41.6 Å². The summed E-state index contributed by atoms with van der Waals surface area (Å²) in [7, 11) is 1.67. The molecule has 0 aliphatic carbocycles. The molecule has 1 aromatic rings. The third kappa shape index (κ3) is 9.67. The number of rotatable bonds is 17. The number of methoxy groups -OCH3 is 1. The van der Waals surface area contributed by atoms with E-state index in [2.05, 4.69) is 15.2 Å². The molecule has 0 spiro atoms. The van der Waals surface area contributed by atoms with Crippen LogP contribution in [0.25, 0.3) is 0 Å². The lowest BCUT2D eigenvalue weighted by atomic mass is 10.2. The molecule has 2 heterocycles. The summed E-state index contributed by atoms with van der Waals surface area (Å²) in [6, 6.07) is 0. The fraction of sp³-hybridized carbons (Fsp3) is 0.833. The van der Waals surface area contributed by atoms with Crippen LogP contribution in [0, 0.1) is 0 Å². The van der Waals surface area contributed by atoms with Crippen molar-refractivity contribution in [3.8, 4) is 0 Å². The fourth-order valence-electron chi connectivity index (χ4n) is 2.63. The van der Waals surface area contributed by atoms with Gasteiger partial charge in [0.1, 0.15) is 12.2 Å². The van der Waals surface area contributed by atoms with E-state index in [1.807, 2.05) is 0 Å². The van der Waals surface area contributed by atoms with Gasteiger partial charge >= 0.3 is 0 Å². The van der Waals surface area contributed by atoms with Crippen molar-refractivity contribution >= 4 is 5.78 Å². The van der Waals surface area contributed by atoms with Crippen molar-refractivity contribution in [2.75, 3.05) is 73.0 Å². The molecule has 1 aliphatic heterocycles. The Labute approximate surface area is 166 Å². The molecule has 0 atom stereocenters. The second kappa shape index (κ2) is 13.7. The van der Waals surface area contributed by atoms with Gasteiger partial charge in [-0.1, -0.05) is 5.21 Å². The molecular formula is C18H32N4O6. The van der Waals surface area contributed by atoms with Crippen LogP contribution in [0.3, 0.4) is 0 Å². The van der Waals surface area contributed by atoms with Gasteiger partial charge in [-0.15, -0.1) is 5.10 Å². The fourth-order valence-corrected chi connectivity index (χ4v) is 2.63. The van der Waals surface area contributed by atoms with Gasteiger partial charge in [0.2, 0.25) is 0 Å². The van der Waals surface area contributed by atoms with Gasteiger partial charge in [-0.2, -0.15) is 0 Å². The molecule has 1 fully saturated rings. The van der Waals surface area contributed by atoms with E-state index in [1.165, 1.54) is 11.6 Å². The summed E-state index contributed by atoms with van der Waals surface area (Å²) in [5.74, 6) is 0.0366. The average molecular weight is 400 g/mol. The maximum Gasteiger partial charge on any atom is 0.151 e. The molecule has 0 saturated carbocycles. The zero-order valence-corrected chi connectivity index (χ0v) is 16.9. The topological polar surface area (TPSA) is 97.2 Å². The number of ether oxygens (including phenoxy) is 5. The number of aromatic nitrogens is 3. The molecule has 10 heteroatoms. The van der Waals surface area contributed by atoms with E-state index in [4.69, 9.17) is 23.7 Å². The van der Waals surface area contributed by atoms with E-state index in [0.717, 1.165) is 26.2 Å². The number of hydrogen-bond donors (Lipinski definition) is 0. The number of carbonyl (C=O) groups excluding carboxylic acids is 1. The van der Waals surface area contributed by atoms with Crippen LogP contribution >= 0.6 is 0 Å². The highest BCUT2D eigenvalue weighted by molar-refractivity contribution is 5.75. The van der Waals surface area contributed by atoms with Gasteiger partial charge in [0, 0.05) is 26.7 Å². The van der Waals surface area contributed by atoms with Gasteiger partial charge in [-0.25, -0.2) is 4.68 Å². The minimum Gasteiger partial charge on any atom is -0.382 e. The van der Waals surface area contributed by atoms with Crippen molar-refractivity contribution in [1.82, 2.24) is 19.9 Å². The summed E-state index contributed by atoms with van der Waals surface area (Å²) in [5.41, 5.74) is 0.697. The molecule has 160 valence electrons. The lowest BCUT2D eigenvalue weighted by molar-refractivity contribution is -0.117. The molecule has 1 aromatic heterocycles. The first-order chi connectivity index (χ1) is 13.7. The molecule has 0 aromatic carbocycles. The minimum absolute atomic E-state index is 0.0366. The van der Waals surface area contributed by atoms with Crippen LogP contribution in [0.15, 0.2) is 6.20 Å². The molecule has 0 amide bonds. The molecule has 0 bridgehead atoms. The number of Topliss-reactive ketones (excluding diaryl/α,β-unsaturated/α-hetero) is 1. The van der Waals surface area contributed by atoms with Crippen molar-refractivity contribution in [3.05, 3.63) is 11.9 Å². The molecule has 0 unspecified atom stereocenters. The molecule has 10 nitrogen and oxygen atoms in total. The number of hydrogen-bond acceptors (Lipinski definition) is 9. The first-order valence-corrected chi connectivity index (χ1v) is 9.62. The van der Waals surface area contributed by atoms with E-state index in [-0.39, 0.29) is 18.4 Å². The third-order valence-corrected chi connectivity index (χ3v) is 4.08. The molecule has 1 saturated heterocycles. The predicted molar refractivity (Wildman–Crippen MR) is 100 cm³/mol. The molecule has 2 rings (SSSR count). The van der Waals surface area contributed by atoms with Crippen molar-refractivity contribution < 1.29 is 28.5 Å². The van der Waals surface area contributed by atoms with E-state index < -0.39 is 0 Å². The van der Waals surface area contributed by atoms with Crippen LogP contribution in [-0.4, -0.2) is 105 Å². The smallest absolute Gasteiger partial charge is 0.151 e. The van der Waals surface area contributed by atoms with Gasteiger partial charge in [0.15, 0.2) is 5.78 Å². The summed E-state index contributed by atoms with van der Waals surface area (Å²) in [4.78, 5) is 13.3. The number of likely N-dealkylation sites (tertiary alicyclic amines) is 1. The first kappa shape index (κ1) is 22.9. The zero-order valence-electron chi connectivity index (χ0n) is 16.9. The summed E-state index contributed by atoms with van der Waals surface area (Å²) < 4.78 is 28.6. The lowest BCUT2D eigenvalue weighted by Gasteiger charge is -2.38. The van der Waals surface area contributed by atoms with E-state index >= 15 is 0 Å². The summed E-state index contributed by atoms with van der Waals surface area (Å²) in [5, 5.41) is 7.81. The predicted octanol–water partition coefficient (Wildman–Crippen LogP) is -0.236. The normalized spacial score (nSPS) is 15.1. The monoisotopic (exact) mass is 400 g/mol. The van der Waals surface area contributed by atoms with Gasteiger partial charge in [-0.05, 0) is 6.92 Å². The van der Waals surface area contributed by atoms with Crippen molar-refractivity contribution in [2.24, 2.45) is 0 Å². The Bertz CT molecular complexity index is 550. The minimum atomic E-state index is 0.0366. The lowest BCUT2D eigenvalue weighted by Crippen LogP contribution is -2.53. The van der Waals surface area contributed by atoms with Crippen LogP contribution in [0.5, 0.6) is 0 Å². The highest BCUT2D eigenvalue weighted by Crippen LogP contribution is 2.10. The largest absolute Gasteiger partial charge is 0.382 e. The summed E-state index contributed by atoms with van der Waals surface area (Å²) >= 11 is 0. The maximum absolute atomic E-state index is 11.0. The number of carbonyl (C=O) groups is 1. The highest BCUT2D eigenvalue weighted by atomic mass is 16.5. The third-order valence-electron chi connectivity index (χ3n) is 4.08. The number of ketones is 1. The molecule has 1 aliphatic rings. The van der Waals surface area contributed by atoms with Gasteiger partial charge < -0.3 is 23.7 Å². The van der Waals surface area contributed by atoms with Crippen LogP contribution in [0.1, 0.15) is 12.6 Å². The molecule has 0 radical (unpaired) electrons. The standard InChI is InChI=1S/C18H32N4O6/c1-16(23)11-22-12-17(19-20-22)15-27-8-7-26-9-10-28-18-13-21(14-18)3-4-25-6-5-24-2/h12,18H,3-11,13-15H2,1-2H3. The highest BCUT2D eigenvalue weighted by Gasteiger charge is 2.26. The first-order valence-electron chi connectivity index (χ1n) is 9.62. The Kier molecular flexibility index (Phi) is 11.2. The van der Waals surface area contributed by atoms with E-state index in [9.17, 15) is 4.79 Å². The Hall–Kier alpha value is -1.43. The summed E-state index contributed by atoms with van der Waals surface area (Å²) in [6.07, 6.45) is 2.00. The zero-order chi connectivity index (χ0) is 20.0. The SMILES string of the molecule is COCCOCCN1CC(OCCOCCOCc2cn(CC(C)=O)nn2)C1. The van der Waals surface area contributed by atoms with Crippen LogP contribution < -0.4 is 0 Å². The summed E-state index contributed by atoms with van der Waals surface area (Å²) in [6.45, 7) is 9.04. The van der Waals surface area contributed by atoms with Crippen LogP contribution in [0.4, 0.5) is 0 Å². The number of nitrogens with zero attached hydrogens (tertiary/aromatic N) is 4. The quantitative estimate of drug-likeness (QED) is 0.328. The van der Waals surface area contributed by atoms with Crippen molar-refractivity contribution in [2.45, 2.75) is 26.2 Å². The Morgan fingerprint density at radius 3 is 2.57 bits per heavy atom. The van der Waals surface area contributed by atoms with Gasteiger partial charge in [0.25, 0.3) is 0 Å². The van der Waals surface area contributed by atoms with Crippen molar-refractivity contribution in [3.63, 3.8) is 0 Å². The Morgan fingerprint density at radius 2 is 1.79 bits per heavy atom. The van der Waals surface area contributed by atoms with Crippen LogP contribution in [0.2, 0.25) is 0 Å². The van der Waals surface area contributed by atoms with E-state index in [1.54, 1.807) is 13.3 Å². The average Bonchev–Trinajstić information content (AvgIpc) is 3.06. The molecular weight excluding hydrogens is 368 g/mol. The van der Waals surface area contributed by atoms with Crippen molar-refractivity contribution in [1.29, 1.82) is 0 Å². The van der Waals surface area contributed by atoms with Gasteiger partial charge in [-0.3, -0.25) is 9.69 Å². The Balaban J connectivity index is 1.34. The second-order valence-corrected chi connectivity index (χ2v) is 6.63.